The molecule has 152 valence electrons. The lowest BCUT2D eigenvalue weighted by Gasteiger charge is -2.13. The lowest BCUT2D eigenvalue weighted by Crippen LogP contribution is -2.30. The van der Waals surface area contributed by atoms with Crippen LogP contribution in [0.15, 0.2) is 58.8 Å². The van der Waals surface area contributed by atoms with Crippen molar-refractivity contribution >= 4 is 17.7 Å². The van der Waals surface area contributed by atoms with Gasteiger partial charge in [0.2, 0.25) is 5.91 Å². The van der Waals surface area contributed by atoms with Crippen LogP contribution in [0.2, 0.25) is 0 Å². The molecule has 1 amide bonds. The van der Waals surface area contributed by atoms with Gasteiger partial charge in [-0.3, -0.25) is 9.36 Å². The van der Waals surface area contributed by atoms with E-state index in [4.69, 9.17) is 9.15 Å². The van der Waals surface area contributed by atoms with Crippen LogP contribution in [0.25, 0.3) is 11.4 Å². The predicted molar refractivity (Wildman–Crippen MR) is 113 cm³/mol. The highest BCUT2D eigenvalue weighted by molar-refractivity contribution is 8.00. The molecule has 3 aromatic rings. The number of amides is 1. The van der Waals surface area contributed by atoms with Gasteiger partial charge in [0.15, 0.2) is 11.0 Å². The van der Waals surface area contributed by atoms with Crippen LogP contribution in [-0.2, 0) is 17.9 Å². The number of ether oxygens (including phenoxy) is 1. The number of thioether (sulfide) groups is 1. The van der Waals surface area contributed by atoms with Crippen molar-refractivity contribution < 1.29 is 13.9 Å². The lowest BCUT2D eigenvalue weighted by molar-refractivity contribution is -0.120. The molecule has 0 spiro atoms. The minimum Gasteiger partial charge on any atom is -0.497 e. The van der Waals surface area contributed by atoms with E-state index in [0.717, 1.165) is 22.6 Å². The van der Waals surface area contributed by atoms with Crippen LogP contribution in [0.1, 0.15) is 18.2 Å². The molecular weight excluding hydrogens is 388 g/mol. The molecule has 0 bridgehead atoms. The van der Waals surface area contributed by atoms with Gasteiger partial charge in [-0.25, -0.2) is 0 Å². The van der Waals surface area contributed by atoms with Crippen LogP contribution in [0.3, 0.4) is 0 Å². The zero-order valence-electron chi connectivity index (χ0n) is 16.7. The van der Waals surface area contributed by atoms with Crippen LogP contribution < -0.4 is 10.1 Å². The van der Waals surface area contributed by atoms with Gasteiger partial charge in [-0.05, 0) is 37.6 Å². The average Bonchev–Trinajstić information content (AvgIpc) is 3.32. The Morgan fingerprint density at radius 1 is 1.34 bits per heavy atom. The van der Waals surface area contributed by atoms with E-state index in [2.05, 4.69) is 22.1 Å². The topological polar surface area (TPSA) is 82.2 Å². The van der Waals surface area contributed by atoms with Gasteiger partial charge in [-0.1, -0.05) is 30.0 Å². The van der Waals surface area contributed by atoms with E-state index >= 15 is 0 Å². The van der Waals surface area contributed by atoms with Crippen LogP contribution in [0, 0.1) is 6.92 Å². The maximum atomic E-state index is 12.6. The maximum absolute atomic E-state index is 12.6. The second-order valence-corrected chi connectivity index (χ2v) is 7.73. The number of aryl methyl sites for hydroxylation is 1. The van der Waals surface area contributed by atoms with Gasteiger partial charge in [0.1, 0.15) is 11.5 Å². The van der Waals surface area contributed by atoms with E-state index in [-0.39, 0.29) is 11.2 Å². The molecule has 3 rings (SSSR count). The Balaban J connectivity index is 1.66. The molecular formula is C21H24N4O3S. The molecule has 2 aromatic heterocycles. The van der Waals surface area contributed by atoms with E-state index in [1.807, 2.05) is 48.7 Å². The van der Waals surface area contributed by atoms with Gasteiger partial charge in [0.05, 0.1) is 24.2 Å². The van der Waals surface area contributed by atoms with Gasteiger partial charge in [-0.15, -0.1) is 16.8 Å². The van der Waals surface area contributed by atoms with Gasteiger partial charge in [-0.2, -0.15) is 0 Å². The first-order chi connectivity index (χ1) is 14.0. The van der Waals surface area contributed by atoms with Crippen molar-refractivity contribution in [1.82, 2.24) is 20.1 Å². The second-order valence-electron chi connectivity index (χ2n) is 6.42. The summed E-state index contributed by atoms with van der Waals surface area (Å²) in [5.74, 6) is 2.18. The molecule has 0 aliphatic rings. The Kier molecular flexibility index (Phi) is 6.77. The average molecular weight is 413 g/mol. The van der Waals surface area contributed by atoms with Crippen molar-refractivity contribution in [2.24, 2.45) is 0 Å². The van der Waals surface area contributed by atoms with E-state index in [1.165, 1.54) is 11.8 Å². The van der Waals surface area contributed by atoms with Crippen molar-refractivity contribution in [3.63, 3.8) is 0 Å². The minimum absolute atomic E-state index is 0.0694. The highest BCUT2D eigenvalue weighted by atomic mass is 32.2. The monoisotopic (exact) mass is 412 g/mol. The fourth-order valence-electron chi connectivity index (χ4n) is 2.77. The number of benzene rings is 1. The molecule has 8 heteroatoms. The SMILES string of the molecule is C=CCn1c(S[C@@H](C)C(=O)NCc2ccc(OC)cc2)nnc1-c1ccoc1C. The standard InChI is InChI=1S/C21H24N4O3S/c1-5-11-25-19(18-10-12-28-14(18)2)23-24-21(25)29-15(3)20(26)22-13-16-6-8-17(27-4)9-7-16/h5-10,12,15H,1,11,13H2,2-4H3,(H,22,26)/t15-/m0/s1. The van der Waals surface area contributed by atoms with Crippen molar-refractivity contribution in [3.05, 3.63) is 60.6 Å². The second kappa shape index (κ2) is 9.47. The molecule has 0 saturated heterocycles. The Morgan fingerprint density at radius 3 is 2.72 bits per heavy atom. The molecule has 1 N–H and O–H groups in total. The highest BCUT2D eigenvalue weighted by Gasteiger charge is 2.21. The molecule has 1 atom stereocenters. The summed E-state index contributed by atoms with van der Waals surface area (Å²) >= 11 is 1.36. The molecule has 2 heterocycles. The summed E-state index contributed by atoms with van der Waals surface area (Å²) < 4.78 is 12.5. The van der Waals surface area contributed by atoms with Crippen molar-refractivity contribution in [2.75, 3.05) is 7.11 Å². The van der Waals surface area contributed by atoms with E-state index in [1.54, 1.807) is 19.4 Å². The van der Waals surface area contributed by atoms with Crippen molar-refractivity contribution in [1.29, 1.82) is 0 Å². The fraction of sp³-hybridized carbons (Fsp3) is 0.286. The number of methoxy groups -OCH3 is 1. The first kappa shape index (κ1) is 20.7. The normalized spacial score (nSPS) is 11.8. The fourth-order valence-corrected chi connectivity index (χ4v) is 3.66. The largest absolute Gasteiger partial charge is 0.497 e. The quantitative estimate of drug-likeness (QED) is 0.425. The smallest absolute Gasteiger partial charge is 0.233 e. The number of carbonyl (C=O) groups excluding carboxylic acids is 1. The third-order valence-electron chi connectivity index (χ3n) is 4.41. The predicted octanol–water partition coefficient (Wildman–Crippen LogP) is 3.84. The molecule has 0 aliphatic carbocycles. The van der Waals surface area contributed by atoms with Crippen molar-refractivity contribution in [3.8, 4) is 17.1 Å². The van der Waals surface area contributed by atoms with E-state index in [0.29, 0.717) is 24.1 Å². The summed E-state index contributed by atoms with van der Waals surface area (Å²) in [6.45, 7) is 8.53. The Hall–Kier alpha value is -3.00. The number of allylic oxidation sites excluding steroid dienone is 1. The summed E-state index contributed by atoms with van der Waals surface area (Å²) in [6.07, 6.45) is 3.40. The van der Waals surface area contributed by atoms with Crippen LogP contribution >= 0.6 is 11.8 Å². The van der Waals surface area contributed by atoms with E-state index < -0.39 is 0 Å². The molecule has 0 fully saturated rings. The minimum atomic E-state index is -0.334. The molecule has 0 radical (unpaired) electrons. The molecule has 29 heavy (non-hydrogen) atoms. The summed E-state index contributed by atoms with van der Waals surface area (Å²) in [6, 6.07) is 9.46. The summed E-state index contributed by atoms with van der Waals surface area (Å²) in [7, 11) is 1.63. The molecule has 7 nitrogen and oxygen atoms in total. The number of hydrogen-bond acceptors (Lipinski definition) is 6. The van der Waals surface area contributed by atoms with Gasteiger partial charge in [0.25, 0.3) is 0 Å². The number of aromatic nitrogens is 3. The van der Waals surface area contributed by atoms with Crippen molar-refractivity contribution in [2.45, 2.75) is 37.3 Å². The van der Waals surface area contributed by atoms with Gasteiger partial charge < -0.3 is 14.5 Å². The number of nitrogens with one attached hydrogen (secondary N) is 1. The molecule has 0 aliphatic heterocycles. The molecule has 1 aromatic carbocycles. The first-order valence-corrected chi connectivity index (χ1v) is 10.1. The van der Waals surface area contributed by atoms with E-state index in [9.17, 15) is 4.79 Å². The Labute approximate surface area is 174 Å². The number of carbonyl (C=O) groups is 1. The van der Waals surface area contributed by atoms with Gasteiger partial charge in [0, 0.05) is 13.1 Å². The summed E-state index contributed by atoms with van der Waals surface area (Å²) in [5.41, 5.74) is 1.88. The first-order valence-electron chi connectivity index (χ1n) is 9.19. The zero-order chi connectivity index (χ0) is 20.8. The summed E-state index contributed by atoms with van der Waals surface area (Å²) in [5, 5.41) is 11.9. The number of rotatable bonds is 9. The Morgan fingerprint density at radius 2 is 2.10 bits per heavy atom. The highest BCUT2D eigenvalue weighted by Crippen LogP contribution is 2.29. The van der Waals surface area contributed by atoms with Crippen LogP contribution in [-0.4, -0.2) is 33.0 Å². The third-order valence-corrected chi connectivity index (χ3v) is 5.49. The summed E-state index contributed by atoms with van der Waals surface area (Å²) in [4.78, 5) is 12.6. The maximum Gasteiger partial charge on any atom is 0.233 e. The van der Waals surface area contributed by atoms with Crippen LogP contribution in [0.4, 0.5) is 0 Å². The molecule has 0 unspecified atom stereocenters. The number of hydrogen-bond donors (Lipinski definition) is 1. The third kappa shape index (κ3) is 4.89. The lowest BCUT2D eigenvalue weighted by atomic mass is 10.2. The Bertz CT molecular complexity index is 978. The van der Waals surface area contributed by atoms with Gasteiger partial charge >= 0.3 is 0 Å². The molecule has 0 saturated carbocycles. The number of furan rings is 1. The number of nitrogens with zero attached hydrogens (tertiary/aromatic N) is 3. The van der Waals surface area contributed by atoms with Crippen LogP contribution in [0.5, 0.6) is 5.75 Å². The zero-order valence-corrected chi connectivity index (χ0v) is 17.5.